The first-order chi connectivity index (χ1) is 8.18. The minimum absolute atomic E-state index is 0. The predicted octanol–water partition coefficient (Wildman–Crippen LogP) is -5.61. The van der Waals surface area contributed by atoms with Crippen LogP contribution in [-0.2, 0) is 20.2 Å². The van der Waals surface area contributed by atoms with Gasteiger partial charge >= 0.3 is 59.1 Å². The first-order valence-corrected chi connectivity index (χ1v) is 8.08. The monoisotopic (exact) mass is 336 g/mol. The second-order valence-corrected chi connectivity index (χ2v) is 7.21. The van der Waals surface area contributed by atoms with Crippen LogP contribution in [0.5, 0.6) is 0 Å². The second kappa shape index (κ2) is 7.54. The molecule has 20 heavy (non-hydrogen) atoms. The molecule has 0 saturated heterocycles. The van der Waals surface area contributed by atoms with Crippen LogP contribution in [0.25, 0.3) is 0 Å². The number of hydrogen-bond acceptors (Lipinski definition) is 6. The molecule has 1 unspecified atom stereocenters. The smallest absolute Gasteiger partial charge is 0.747 e. The van der Waals surface area contributed by atoms with Crippen molar-refractivity contribution in [2.24, 2.45) is 0 Å². The molecule has 0 fully saturated rings. The van der Waals surface area contributed by atoms with Crippen molar-refractivity contribution >= 4 is 20.2 Å². The van der Waals surface area contributed by atoms with E-state index in [0.717, 1.165) is 11.6 Å². The molecular weight excluding hydrogens is 326 g/mol. The van der Waals surface area contributed by atoms with E-state index in [0.29, 0.717) is 12.0 Å². The molecule has 0 aromatic heterocycles. The van der Waals surface area contributed by atoms with Crippen molar-refractivity contribution in [2.45, 2.75) is 24.5 Å². The summed E-state index contributed by atoms with van der Waals surface area (Å²) in [7, 11) is -8.97. The predicted molar refractivity (Wildman–Crippen MR) is 61.3 cm³/mol. The summed E-state index contributed by atoms with van der Waals surface area (Å²) in [5.74, 6) is 0. The molecular formula is C10H10Na2O6S2. The van der Waals surface area contributed by atoms with Crippen molar-refractivity contribution in [3.8, 4) is 0 Å². The normalized spacial score (nSPS) is 22.3. The Kier molecular flexibility index (Phi) is 7.93. The molecule has 0 radical (unpaired) electrons. The van der Waals surface area contributed by atoms with Gasteiger partial charge in [-0.25, -0.2) is 16.8 Å². The van der Waals surface area contributed by atoms with Crippen LogP contribution in [0.4, 0.5) is 0 Å². The van der Waals surface area contributed by atoms with E-state index in [2.05, 4.69) is 0 Å². The van der Waals surface area contributed by atoms with Crippen molar-refractivity contribution in [2.75, 3.05) is 0 Å². The molecule has 0 aromatic carbocycles. The van der Waals surface area contributed by atoms with Crippen LogP contribution in [0.2, 0.25) is 0 Å². The molecule has 100 valence electrons. The molecule has 10 heteroatoms. The molecule has 0 bridgehead atoms. The summed E-state index contributed by atoms with van der Waals surface area (Å²) >= 11 is 0. The van der Waals surface area contributed by atoms with E-state index in [1.807, 2.05) is 0 Å². The minimum Gasteiger partial charge on any atom is -0.747 e. The van der Waals surface area contributed by atoms with Gasteiger partial charge in [0.2, 0.25) is 0 Å². The van der Waals surface area contributed by atoms with Gasteiger partial charge in [-0.05, 0) is 30.1 Å². The molecule has 0 amide bonds. The third-order valence-corrected chi connectivity index (χ3v) is 5.03. The summed E-state index contributed by atoms with van der Waals surface area (Å²) < 4.78 is 65.4. The molecule has 0 aromatic rings. The fourth-order valence-corrected chi connectivity index (χ4v) is 3.33. The largest absolute Gasteiger partial charge is 1.00 e. The number of rotatable bonds is 2. The molecule has 6 nitrogen and oxygen atoms in total. The van der Waals surface area contributed by atoms with Gasteiger partial charge in [-0.1, -0.05) is 12.2 Å². The minimum atomic E-state index is -4.53. The van der Waals surface area contributed by atoms with E-state index in [-0.39, 0.29) is 76.9 Å². The number of hydrogen-bond donors (Lipinski definition) is 0. The molecule has 0 spiro atoms. The van der Waals surface area contributed by atoms with Gasteiger partial charge in [0.05, 0.1) is 5.25 Å². The molecule has 2 aliphatic carbocycles. The van der Waals surface area contributed by atoms with E-state index >= 15 is 0 Å². The zero-order chi connectivity index (χ0) is 13.6. The Hall–Kier alpha value is 1.04. The summed E-state index contributed by atoms with van der Waals surface area (Å²) in [6.07, 6.45) is 4.57. The maximum atomic E-state index is 10.9. The van der Waals surface area contributed by atoms with Crippen LogP contribution in [0.3, 0.4) is 0 Å². The van der Waals surface area contributed by atoms with Crippen LogP contribution in [0.15, 0.2) is 34.3 Å². The Bertz CT molecular complexity index is 673. The van der Waals surface area contributed by atoms with E-state index in [9.17, 15) is 25.9 Å². The quantitative estimate of drug-likeness (QED) is 0.367. The molecule has 2 rings (SSSR count). The van der Waals surface area contributed by atoms with E-state index < -0.39 is 25.5 Å². The Morgan fingerprint density at radius 3 is 2.20 bits per heavy atom. The summed E-state index contributed by atoms with van der Waals surface area (Å²) in [5.41, 5.74) is 1.13. The van der Waals surface area contributed by atoms with Crippen molar-refractivity contribution in [1.82, 2.24) is 0 Å². The van der Waals surface area contributed by atoms with Crippen LogP contribution >= 0.6 is 0 Å². The zero-order valence-electron chi connectivity index (χ0n) is 11.2. The van der Waals surface area contributed by atoms with Gasteiger partial charge in [-0.2, -0.15) is 0 Å². The molecule has 0 aliphatic heterocycles. The Labute approximate surface area is 162 Å². The Morgan fingerprint density at radius 2 is 1.70 bits per heavy atom. The van der Waals surface area contributed by atoms with Crippen LogP contribution in [-0.4, -0.2) is 31.2 Å². The maximum absolute atomic E-state index is 10.9. The standard InChI is InChI=1S/C10H12O6S2.2Na/c11-17(12,13)9-3-1-7-2-4-10(18(14,15)16)6-8(7)5-9;;/h1,5-6,10H,2-4H2,(H,11,12,13)(H,14,15,16);;/q;2*+1/p-2. The molecule has 0 heterocycles. The van der Waals surface area contributed by atoms with E-state index in [4.69, 9.17) is 0 Å². The van der Waals surface area contributed by atoms with Crippen molar-refractivity contribution in [3.05, 3.63) is 34.3 Å². The summed E-state index contributed by atoms with van der Waals surface area (Å²) in [4.78, 5) is -0.304. The maximum Gasteiger partial charge on any atom is 1.00 e. The van der Waals surface area contributed by atoms with Gasteiger partial charge in [0, 0.05) is 11.3 Å². The van der Waals surface area contributed by atoms with E-state index in [1.54, 1.807) is 6.08 Å². The summed E-state index contributed by atoms with van der Waals surface area (Å²) in [6.45, 7) is 0. The van der Waals surface area contributed by atoms with Gasteiger partial charge in [0.15, 0.2) is 0 Å². The Morgan fingerprint density at radius 1 is 1.10 bits per heavy atom. The zero-order valence-corrected chi connectivity index (χ0v) is 16.8. The molecule has 0 saturated carbocycles. The third kappa shape index (κ3) is 5.05. The molecule has 1 atom stereocenters. The number of allylic oxidation sites excluding steroid dienone is 5. The average molecular weight is 336 g/mol. The van der Waals surface area contributed by atoms with Crippen molar-refractivity contribution < 1.29 is 85.1 Å². The summed E-state index contributed by atoms with van der Waals surface area (Å²) in [6, 6.07) is 0. The molecule has 0 N–H and O–H groups in total. The SMILES string of the molecule is O=S(=O)([O-])C1=CC2=CC(S(=O)(=O)[O-])CCC2=CC1.[Na+].[Na+]. The van der Waals surface area contributed by atoms with Gasteiger partial charge < -0.3 is 9.11 Å². The summed E-state index contributed by atoms with van der Waals surface area (Å²) in [5, 5.41) is -1.16. The topological polar surface area (TPSA) is 114 Å². The fourth-order valence-electron chi connectivity index (χ4n) is 2.05. The van der Waals surface area contributed by atoms with Crippen LogP contribution < -0.4 is 59.1 Å². The second-order valence-electron chi connectivity index (χ2n) is 4.19. The van der Waals surface area contributed by atoms with Gasteiger partial charge in [-0.3, -0.25) is 0 Å². The average Bonchev–Trinajstić information content (AvgIpc) is 2.25. The third-order valence-electron chi connectivity index (χ3n) is 2.99. The van der Waals surface area contributed by atoms with Crippen LogP contribution in [0.1, 0.15) is 19.3 Å². The van der Waals surface area contributed by atoms with Crippen LogP contribution in [0, 0.1) is 0 Å². The van der Waals surface area contributed by atoms with Gasteiger partial charge in [0.1, 0.15) is 20.2 Å². The Balaban J connectivity index is 0.00000180. The van der Waals surface area contributed by atoms with Gasteiger partial charge in [-0.15, -0.1) is 0 Å². The first kappa shape index (κ1) is 21.0. The van der Waals surface area contributed by atoms with Gasteiger partial charge in [0.25, 0.3) is 0 Å². The number of fused-ring (bicyclic) bond motifs is 1. The molecule has 2 aliphatic rings. The fraction of sp³-hybridized carbons (Fsp3) is 0.400. The first-order valence-electron chi connectivity index (χ1n) is 5.20. The van der Waals surface area contributed by atoms with Crippen molar-refractivity contribution in [1.29, 1.82) is 0 Å². The van der Waals surface area contributed by atoms with Crippen molar-refractivity contribution in [3.63, 3.8) is 0 Å². The van der Waals surface area contributed by atoms with E-state index in [1.165, 1.54) is 6.08 Å².